The zero-order chi connectivity index (χ0) is 13.7. The Hall–Kier alpha value is -2.48. The molecule has 0 unspecified atom stereocenters. The number of hydrogen-bond donors (Lipinski definition) is 4. The second kappa shape index (κ2) is 5.91. The van der Waals surface area contributed by atoms with E-state index >= 15 is 0 Å². The van der Waals surface area contributed by atoms with E-state index < -0.39 is 12.0 Å². The molecule has 8 nitrogen and oxygen atoms in total. The summed E-state index contributed by atoms with van der Waals surface area (Å²) in [7, 11) is 0. The lowest BCUT2D eigenvalue weighted by atomic mass is 10.1. The van der Waals surface area contributed by atoms with E-state index in [0.717, 1.165) is 11.3 Å². The van der Waals surface area contributed by atoms with Crippen molar-refractivity contribution in [2.45, 2.75) is 19.0 Å². The minimum atomic E-state index is -0.925. The molecule has 0 saturated heterocycles. The van der Waals surface area contributed by atoms with E-state index in [1.165, 1.54) is 6.33 Å². The molecule has 100 valence electrons. The first kappa shape index (κ1) is 13.0. The standard InChI is InChI=1S/C11H14N6O2/c12-11-15-3-7(4-16-11)2-14-9(10(18)19)1-8-5-13-6-17-8/h3-6,9,14H,1-2H2,(H,13,17)(H,18,19)(H2,12,15,16)/t9-/m1/s1. The molecule has 0 aliphatic heterocycles. The second-order valence-electron chi connectivity index (χ2n) is 4.00. The Labute approximate surface area is 109 Å². The number of rotatable bonds is 6. The van der Waals surface area contributed by atoms with E-state index in [9.17, 15) is 4.79 Å². The molecule has 2 heterocycles. The summed E-state index contributed by atoms with van der Waals surface area (Å²) in [6.07, 6.45) is 6.56. The van der Waals surface area contributed by atoms with E-state index in [1.54, 1.807) is 18.6 Å². The van der Waals surface area contributed by atoms with Crippen molar-refractivity contribution < 1.29 is 9.90 Å². The fourth-order valence-corrected chi connectivity index (χ4v) is 1.56. The first-order chi connectivity index (χ1) is 9.15. The molecule has 0 aliphatic rings. The van der Waals surface area contributed by atoms with E-state index in [0.29, 0.717) is 13.0 Å². The highest BCUT2D eigenvalue weighted by Crippen LogP contribution is 2.02. The number of carboxylic acids is 1. The van der Waals surface area contributed by atoms with Crippen LogP contribution in [-0.2, 0) is 17.8 Å². The molecule has 0 bridgehead atoms. The molecule has 0 amide bonds. The molecule has 8 heteroatoms. The van der Waals surface area contributed by atoms with Gasteiger partial charge in [0, 0.05) is 42.8 Å². The fourth-order valence-electron chi connectivity index (χ4n) is 1.56. The molecule has 0 fully saturated rings. The predicted octanol–water partition coefficient (Wildman–Crippen LogP) is -0.433. The largest absolute Gasteiger partial charge is 0.480 e. The van der Waals surface area contributed by atoms with Gasteiger partial charge in [-0.05, 0) is 0 Å². The summed E-state index contributed by atoms with van der Waals surface area (Å²) in [5.41, 5.74) is 6.90. The maximum Gasteiger partial charge on any atom is 0.321 e. The normalized spacial score (nSPS) is 12.2. The number of aliphatic carboxylic acids is 1. The number of nitrogens with two attached hydrogens (primary N) is 1. The maximum atomic E-state index is 11.2. The summed E-state index contributed by atoms with van der Waals surface area (Å²) < 4.78 is 0. The lowest BCUT2D eigenvalue weighted by molar-refractivity contribution is -0.139. The van der Waals surface area contributed by atoms with Crippen molar-refractivity contribution >= 4 is 11.9 Å². The van der Waals surface area contributed by atoms with Gasteiger partial charge in [-0.1, -0.05) is 0 Å². The van der Waals surface area contributed by atoms with Gasteiger partial charge < -0.3 is 15.8 Å². The van der Waals surface area contributed by atoms with Crippen LogP contribution in [0.2, 0.25) is 0 Å². The number of aromatic amines is 1. The van der Waals surface area contributed by atoms with Gasteiger partial charge >= 0.3 is 5.97 Å². The third-order valence-corrected chi connectivity index (χ3v) is 2.55. The number of anilines is 1. The number of nitrogens with one attached hydrogen (secondary N) is 2. The van der Waals surface area contributed by atoms with Crippen molar-refractivity contribution in [3.8, 4) is 0 Å². The maximum absolute atomic E-state index is 11.2. The van der Waals surface area contributed by atoms with Crippen molar-refractivity contribution in [2.75, 3.05) is 5.73 Å². The fraction of sp³-hybridized carbons (Fsp3) is 0.273. The Bertz CT molecular complexity index is 525. The monoisotopic (exact) mass is 262 g/mol. The molecule has 0 spiro atoms. The number of H-pyrrole nitrogens is 1. The van der Waals surface area contributed by atoms with E-state index in [4.69, 9.17) is 10.8 Å². The van der Waals surface area contributed by atoms with Crippen molar-refractivity contribution in [2.24, 2.45) is 0 Å². The van der Waals surface area contributed by atoms with Gasteiger partial charge in [0.1, 0.15) is 6.04 Å². The molecule has 2 aromatic rings. The van der Waals surface area contributed by atoms with Gasteiger partial charge in [0.05, 0.1) is 6.33 Å². The van der Waals surface area contributed by atoms with E-state index in [2.05, 4.69) is 25.3 Å². The number of carboxylic acid groups (broad SMARTS) is 1. The summed E-state index contributed by atoms with van der Waals surface area (Å²) in [4.78, 5) is 25.6. The number of carbonyl (C=O) groups is 1. The Kier molecular flexibility index (Phi) is 4.04. The van der Waals surface area contributed by atoms with Gasteiger partial charge in [0.2, 0.25) is 5.95 Å². The van der Waals surface area contributed by atoms with Crippen LogP contribution in [0.4, 0.5) is 5.95 Å². The van der Waals surface area contributed by atoms with Crippen molar-refractivity contribution in [1.29, 1.82) is 0 Å². The highest BCUT2D eigenvalue weighted by atomic mass is 16.4. The number of nitrogen functional groups attached to an aromatic ring is 1. The van der Waals surface area contributed by atoms with Gasteiger partial charge in [-0.25, -0.2) is 15.0 Å². The number of imidazole rings is 1. The SMILES string of the molecule is Nc1ncc(CN[C@H](Cc2cnc[nH]2)C(=O)O)cn1. The van der Waals surface area contributed by atoms with Crippen molar-refractivity contribution in [1.82, 2.24) is 25.3 Å². The zero-order valence-electron chi connectivity index (χ0n) is 10.1. The number of hydrogen-bond acceptors (Lipinski definition) is 6. The highest BCUT2D eigenvalue weighted by Gasteiger charge is 2.17. The van der Waals surface area contributed by atoms with Gasteiger partial charge in [-0.3, -0.25) is 10.1 Å². The van der Waals surface area contributed by atoms with Crippen LogP contribution in [0.3, 0.4) is 0 Å². The summed E-state index contributed by atoms with van der Waals surface area (Å²) >= 11 is 0. The average Bonchev–Trinajstić information content (AvgIpc) is 2.89. The van der Waals surface area contributed by atoms with Gasteiger partial charge in [0.25, 0.3) is 0 Å². The third-order valence-electron chi connectivity index (χ3n) is 2.55. The lowest BCUT2D eigenvalue weighted by Gasteiger charge is -2.13. The van der Waals surface area contributed by atoms with E-state index in [1.807, 2.05) is 0 Å². The van der Waals surface area contributed by atoms with Crippen molar-refractivity contribution in [3.05, 3.63) is 36.2 Å². The third kappa shape index (κ3) is 3.75. The molecule has 2 rings (SSSR count). The molecule has 5 N–H and O–H groups in total. The first-order valence-corrected chi connectivity index (χ1v) is 5.65. The minimum Gasteiger partial charge on any atom is -0.480 e. The summed E-state index contributed by atoms with van der Waals surface area (Å²) in [6.45, 7) is 0.353. The van der Waals surface area contributed by atoms with Gasteiger partial charge in [-0.15, -0.1) is 0 Å². The molecule has 0 radical (unpaired) electrons. The lowest BCUT2D eigenvalue weighted by Crippen LogP contribution is -2.38. The molecule has 0 aromatic carbocycles. The Morgan fingerprint density at radius 3 is 2.74 bits per heavy atom. The Morgan fingerprint density at radius 1 is 1.42 bits per heavy atom. The predicted molar refractivity (Wildman–Crippen MR) is 67.0 cm³/mol. The number of nitrogens with zero attached hydrogens (tertiary/aromatic N) is 3. The van der Waals surface area contributed by atoms with Crippen LogP contribution < -0.4 is 11.1 Å². The topological polar surface area (TPSA) is 130 Å². The zero-order valence-corrected chi connectivity index (χ0v) is 10.1. The quantitative estimate of drug-likeness (QED) is 0.555. The second-order valence-corrected chi connectivity index (χ2v) is 4.00. The molecular formula is C11H14N6O2. The average molecular weight is 262 g/mol. The molecule has 0 saturated carbocycles. The Balaban J connectivity index is 1.93. The molecule has 2 aromatic heterocycles. The Morgan fingerprint density at radius 2 is 2.16 bits per heavy atom. The summed E-state index contributed by atoms with van der Waals surface area (Å²) in [5, 5.41) is 12.1. The molecule has 19 heavy (non-hydrogen) atoms. The van der Waals surface area contributed by atoms with Crippen LogP contribution in [0.5, 0.6) is 0 Å². The summed E-state index contributed by atoms with van der Waals surface area (Å²) in [5.74, 6) is -0.734. The van der Waals surface area contributed by atoms with Crippen LogP contribution in [0, 0.1) is 0 Å². The van der Waals surface area contributed by atoms with Crippen LogP contribution >= 0.6 is 0 Å². The minimum absolute atomic E-state index is 0.191. The molecule has 1 atom stereocenters. The van der Waals surface area contributed by atoms with Crippen LogP contribution in [0.25, 0.3) is 0 Å². The first-order valence-electron chi connectivity index (χ1n) is 5.65. The van der Waals surface area contributed by atoms with Crippen LogP contribution in [-0.4, -0.2) is 37.1 Å². The van der Waals surface area contributed by atoms with Crippen LogP contribution in [0.15, 0.2) is 24.9 Å². The van der Waals surface area contributed by atoms with Crippen molar-refractivity contribution in [3.63, 3.8) is 0 Å². The smallest absolute Gasteiger partial charge is 0.321 e. The van der Waals surface area contributed by atoms with E-state index in [-0.39, 0.29) is 5.95 Å². The summed E-state index contributed by atoms with van der Waals surface area (Å²) in [6, 6.07) is -0.710. The van der Waals surface area contributed by atoms with Crippen LogP contribution in [0.1, 0.15) is 11.3 Å². The highest BCUT2D eigenvalue weighted by molar-refractivity contribution is 5.73. The molecular weight excluding hydrogens is 248 g/mol. The number of aromatic nitrogens is 4. The molecule has 0 aliphatic carbocycles. The van der Waals surface area contributed by atoms with Gasteiger partial charge in [0.15, 0.2) is 0 Å². The van der Waals surface area contributed by atoms with Gasteiger partial charge in [-0.2, -0.15) is 0 Å².